The maximum atomic E-state index is 11.9. The van der Waals surface area contributed by atoms with E-state index in [1.54, 1.807) is 6.07 Å². The molecule has 0 atom stereocenters. The molecule has 1 aliphatic carbocycles. The Morgan fingerprint density at radius 1 is 1.47 bits per heavy atom. The molecule has 5 nitrogen and oxygen atoms in total. The Bertz CT molecular complexity index is 472. The van der Waals surface area contributed by atoms with Gasteiger partial charge < -0.3 is 5.32 Å². The number of nitrogens with one attached hydrogen (secondary N) is 1. The molecule has 0 bridgehead atoms. The van der Waals surface area contributed by atoms with Crippen LogP contribution in [0.5, 0.6) is 0 Å². The van der Waals surface area contributed by atoms with Gasteiger partial charge in [0, 0.05) is 12.1 Å². The smallest absolute Gasteiger partial charge is 0.284 e. The third kappa shape index (κ3) is 2.46. The van der Waals surface area contributed by atoms with E-state index in [0.717, 1.165) is 19.3 Å². The number of rotatable bonds is 3. The fraction of sp³-hybridized carbons (Fsp3) is 0.364. The van der Waals surface area contributed by atoms with Crippen molar-refractivity contribution < 1.29 is 9.72 Å². The van der Waals surface area contributed by atoms with Gasteiger partial charge in [0.15, 0.2) is 0 Å². The molecule has 0 unspecified atom stereocenters. The van der Waals surface area contributed by atoms with E-state index in [4.69, 9.17) is 0 Å². The van der Waals surface area contributed by atoms with Gasteiger partial charge in [-0.05, 0) is 41.3 Å². The summed E-state index contributed by atoms with van der Waals surface area (Å²) in [5.41, 5.74) is 0.220. The van der Waals surface area contributed by atoms with Gasteiger partial charge in [0.25, 0.3) is 11.6 Å². The zero-order valence-electron chi connectivity index (χ0n) is 8.98. The number of benzene rings is 1. The molecule has 0 spiro atoms. The molecule has 6 heteroatoms. The number of amides is 1. The van der Waals surface area contributed by atoms with Gasteiger partial charge in [-0.1, -0.05) is 6.07 Å². The second-order valence-electron chi connectivity index (χ2n) is 4.00. The summed E-state index contributed by atoms with van der Waals surface area (Å²) in [5, 5.41) is 13.6. The molecule has 90 valence electrons. The predicted molar refractivity (Wildman–Crippen MR) is 65.9 cm³/mol. The number of halogens is 1. The predicted octanol–water partition coefficient (Wildman–Crippen LogP) is 2.64. The third-order valence-corrected chi connectivity index (χ3v) is 3.69. The van der Waals surface area contributed by atoms with Crippen molar-refractivity contribution in [3.63, 3.8) is 0 Å². The lowest BCUT2D eigenvalue weighted by molar-refractivity contribution is -0.385. The molecular weight excluding hydrogens is 288 g/mol. The highest BCUT2D eigenvalue weighted by atomic mass is 79.9. The largest absolute Gasteiger partial charge is 0.349 e. The molecule has 1 N–H and O–H groups in total. The van der Waals surface area contributed by atoms with E-state index >= 15 is 0 Å². The summed E-state index contributed by atoms with van der Waals surface area (Å²) in [7, 11) is 0. The van der Waals surface area contributed by atoms with Gasteiger partial charge in [0.2, 0.25) is 0 Å². The molecule has 2 rings (SSSR count). The summed E-state index contributed by atoms with van der Waals surface area (Å²) >= 11 is 3.11. The first kappa shape index (κ1) is 12.0. The molecule has 17 heavy (non-hydrogen) atoms. The zero-order chi connectivity index (χ0) is 12.4. The van der Waals surface area contributed by atoms with Crippen molar-refractivity contribution in [3.8, 4) is 0 Å². The molecule has 1 aromatic rings. The molecule has 1 aliphatic rings. The Balaban J connectivity index is 2.22. The lowest BCUT2D eigenvalue weighted by Gasteiger charge is -2.26. The molecular formula is C11H11BrN2O3. The molecule has 1 saturated carbocycles. The average Bonchev–Trinajstić information content (AvgIpc) is 2.23. The number of carbonyl (C=O) groups is 1. The van der Waals surface area contributed by atoms with Crippen molar-refractivity contribution in [1.82, 2.24) is 5.32 Å². The van der Waals surface area contributed by atoms with Crippen molar-refractivity contribution in [2.24, 2.45) is 0 Å². The molecule has 1 amide bonds. The highest BCUT2D eigenvalue weighted by Gasteiger charge is 2.23. The first-order chi connectivity index (χ1) is 8.09. The van der Waals surface area contributed by atoms with Crippen molar-refractivity contribution in [3.05, 3.63) is 38.3 Å². The molecule has 0 aliphatic heterocycles. The number of carbonyl (C=O) groups excluding carboxylic acids is 1. The Kier molecular flexibility index (Phi) is 3.42. The van der Waals surface area contributed by atoms with Crippen LogP contribution in [0, 0.1) is 10.1 Å². The molecule has 0 radical (unpaired) electrons. The van der Waals surface area contributed by atoms with Crippen LogP contribution in [0.1, 0.15) is 29.6 Å². The number of nitro groups is 1. The van der Waals surface area contributed by atoms with Gasteiger partial charge in [-0.2, -0.15) is 0 Å². The summed E-state index contributed by atoms with van der Waals surface area (Å²) in [6.07, 6.45) is 3.09. The normalized spacial score (nSPS) is 15.1. The Morgan fingerprint density at radius 2 is 2.18 bits per heavy atom. The average molecular weight is 299 g/mol. The second kappa shape index (κ2) is 4.83. The highest BCUT2D eigenvalue weighted by Crippen LogP contribution is 2.28. The van der Waals surface area contributed by atoms with Gasteiger partial charge in [-0.3, -0.25) is 14.9 Å². The van der Waals surface area contributed by atoms with Gasteiger partial charge in [0.1, 0.15) is 4.47 Å². The highest BCUT2D eigenvalue weighted by molar-refractivity contribution is 9.10. The van der Waals surface area contributed by atoms with Crippen LogP contribution in [-0.2, 0) is 0 Å². The minimum atomic E-state index is -0.510. The number of nitrogens with zero attached hydrogens (tertiary/aromatic N) is 1. The number of hydrogen-bond donors (Lipinski definition) is 1. The Hall–Kier alpha value is -1.43. The van der Waals surface area contributed by atoms with Crippen molar-refractivity contribution in [1.29, 1.82) is 0 Å². The summed E-state index contributed by atoms with van der Waals surface area (Å²) in [6, 6.07) is 4.67. The van der Waals surface area contributed by atoms with Crippen molar-refractivity contribution >= 4 is 27.5 Å². The van der Waals surface area contributed by atoms with E-state index in [9.17, 15) is 14.9 Å². The van der Waals surface area contributed by atoms with Gasteiger partial charge in [-0.15, -0.1) is 0 Å². The lowest BCUT2D eigenvalue weighted by Crippen LogP contribution is -2.39. The van der Waals surface area contributed by atoms with Crippen molar-refractivity contribution in [2.75, 3.05) is 0 Å². The van der Waals surface area contributed by atoms with Crippen LogP contribution in [0.4, 0.5) is 5.69 Å². The van der Waals surface area contributed by atoms with Gasteiger partial charge >= 0.3 is 0 Å². The van der Waals surface area contributed by atoms with Crippen LogP contribution in [0.15, 0.2) is 22.7 Å². The Morgan fingerprint density at radius 3 is 2.71 bits per heavy atom. The van der Waals surface area contributed by atoms with E-state index < -0.39 is 4.92 Å². The van der Waals surface area contributed by atoms with Crippen LogP contribution in [0.2, 0.25) is 0 Å². The van der Waals surface area contributed by atoms with Crippen molar-refractivity contribution in [2.45, 2.75) is 25.3 Å². The zero-order valence-corrected chi connectivity index (χ0v) is 10.6. The lowest BCUT2D eigenvalue weighted by atomic mass is 9.93. The van der Waals surface area contributed by atoms with E-state index in [1.165, 1.54) is 12.1 Å². The van der Waals surface area contributed by atoms with Gasteiger partial charge in [0.05, 0.1) is 10.5 Å². The van der Waals surface area contributed by atoms with E-state index in [-0.39, 0.29) is 22.1 Å². The molecule has 0 heterocycles. The monoisotopic (exact) mass is 298 g/mol. The fourth-order valence-corrected chi connectivity index (χ4v) is 2.24. The van der Waals surface area contributed by atoms with Crippen LogP contribution < -0.4 is 5.32 Å². The minimum absolute atomic E-state index is 0.0914. The maximum absolute atomic E-state index is 11.9. The molecule has 1 fully saturated rings. The van der Waals surface area contributed by atoms with Gasteiger partial charge in [-0.25, -0.2) is 0 Å². The topological polar surface area (TPSA) is 72.2 Å². The first-order valence-corrected chi connectivity index (χ1v) is 6.12. The van der Waals surface area contributed by atoms with E-state index in [2.05, 4.69) is 21.2 Å². The molecule has 0 saturated heterocycles. The minimum Gasteiger partial charge on any atom is -0.349 e. The maximum Gasteiger partial charge on any atom is 0.284 e. The van der Waals surface area contributed by atoms with E-state index in [1.807, 2.05) is 0 Å². The number of hydrogen-bond acceptors (Lipinski definition) is 3. The molecule has 0 aromatic heterocycles. The summed E-state index contributed by atoms with van der Waals surface area (Å²) in [4.78, 5) is 22.1. The van der Waals surface area contributed by atoms with Crippen LogP contribution >= 0.6 is 15.9 Å². The quantitative estimate of drug-likeness (QED) is 0.689. The SMILES string of the molecule is O=C(NC1CCC1)c1cccc([N+](=O)[O-])c1Br. The second-order valence-corrected chi connectivity index (χ2v) is 4.79. The van der Waals surface area contributed by atoms with Crippen LogP contribution in [0.25, 0.3) is 0 Å². The number of nitro benzene ring substituents is 1. The van der Waals surface area contributed by atoms with Crippen LogP contribution in [0.3, 0.4) is 0 Å². The van der Waals surface area contributed by atoms with E-state index in [0.29, 0.717) is 5.56 Å². The summed E-state index contributed by atoms with van der Waals surface area (Å²) in [5.74, 6) is -0.259. The summed E-state index contributed by atoms with van der Waals surface area (Å²) in [6.45, 7) is 0. The third-order valence-electron chi connectivity index (χ3n) is 2.86. The molecule has 1 aromatic carbocycles. The summed E-state index contributed by atoms with van der Waals surface area (Å²) < 4.78 is 0.238. The standard InChI is InChI=1S/C11H11BrN2O3/c12-10-8(5-2-6-9(10)14(16)17)11(15)13-7-3-1-4-7/h2,5-7H,1,3-4H2,(H,13,15). The van der Waals surface area contributed by atoms with Crippen LogP contribution in [-0.4, -0.2) is 16.9 Å². The fourth-order valence-electron chi connectivity index (χ4n) is 1.65. The Labute approximate surface area is 106 Å². The first-order valence-electron chi connectivity index (χ1n) is 5.33.